The Labute approximate surface area is 122 Å². The zero-order valence-corrected chi connectivity index (χ0v) is 11.9. The molecule has 0 aliphatic carbocycles. The number of aromatic nitrogens is 2. The predicted molar refractivity (Wildman–Crippen MR) is 82.5 cm³/mol. The first-order valence-corrected chi connectivity index (χ1v) is 6.87. The van der Waals surface area contributed by atoms with Crippen LogP contribution in [0.3, 0.4) is 0 Å². The van der Waals surface area contributed by atoms with Gasteiger partial charge in [-0.1, -0.05) is 24.3 Å². The Morgan fingerprint density at radius 1 is 1.19 bits per heavy atom. The van der Waals surface area contributed by atoms with Gasteiger partial charge in [0.25, 0.3) is 0 Å². The molecule has 2 aromatic carbocycles. The van der Waals surface area contributed by atoms with Gasteiger partial charge in [0.15, 0.2) is 0 Å². The van der Waals surface area contributed by atoms with Crippen LogP contribution in [0, 0.1) is 0 Å². The zero-order chi connectivity index (χ0) is 15.0. The molecular weight excluding hydrogens is 264 g/mol. The second kappa shape index (κ2) is 5.05. The number of carboxylic acid groups (broad SMARTS) is 1. The Bertz CT molecular complexity index is 819. The van der Waals surface area contributed by atoms with E-state index in [0.717, 1.165) is 16.3 Å². The molecule has 0 bridgehead atoms. The van der Waals surface area contributed by atoms with Crippen molar-refractivity contribution in [1.29, 1.82) is 0 Å². The van der Waals surface area contributed by atoms with Crippen LogP contribution < -0.4 is 0 Å². The molecule has 106 valence electrons. The first-order valence-electron chi connectivity index (χ1n) is 6.87. The van der Waals surface area contributed by atoms with Crippen molar-refractivity contribution in [3.05, 3.63) is 54.4 Å². The predicted octanol–water partition coefficient (Wildman–Crippen LogP) is 3.98. The summed E-state index contributed by atoms with van der Waals surface area (Å²) in [6.45, 7) is 4.07. The van der Waals surface area contributed by atoms with E-state index in [4.69, 9.17) is 0 Å². The van der Waals surface area contributed by atoms with Crippen molar-refractivity contribution in [3.63, 3.8) is 0 Å². The fourth-order valence-electron chi connectivity index (χ4n) is 2.42. The number of hydrogen-bond donors (Lipinski definition) is 1. The fraction of sp³-hybridized carbons (Fsp3) is 0.176. The Kier molecular flexibility index (Phi) is 3.22. The highest BCUT2D eigenvalue weighted by Crippen LogP contribution is 2.29. The lowest BCUT2D eigenvalue weighted by Crippen LogP contribution is -2.01. The van der Waals surface area contributed by atoms with Crippen LogP contribution in [0.2, 0.25) is 0 Å². The molecule has 0 saturated carbocycles. The van der Waals surface area contributed by atoms with Gasteiger partial charge in [-0.3, -0.25) is 4.68 Å². The van der Waals surface area contributed by atoms with Gasteiger partial charge in [-0.25, -0.2) is 4.79 Å². The highest BCUT2D eigenvalue weighted by molar-refractivity contribution is 6.02. The third-order valence-electron chi connectivity index (χ3n) is 3.56. The smallest absolute Gasteiger partial charge is 0.336 e. The summed E-state index contributed by atoms with van der Waals surface area (Å²) in [4.78, 5) is 11.6. The molecule has 0 aliphatic heterocycles. The molecule has 3 rings (SSSR count). The minimum absolute atomic E-state index is 0.243. The largest absolute Gasteiger partial charge is 0.478 e. The Hall–Kier alpha value is -2.62. The summed E-state index contributed by atoms with van der Waals surface area (Å²) >= 11 is 0. The molecule has 1 aromatic heterocycles. The van der Waals surface area contributed by atoms with E-state index in [9.17, 15) is 9.90 Å². The van der Waals surface area contributed by atoms with E-state index in [0.29, 0.717) is 11.1 Å². The summed E-state index contributed by atoms with van der Waals surface area (Å²) in [5.74, 6) is -0.923. The van der Waals surface area contributed by atoms with Crippen molar-refractivity contribution in [2.45, 2.75) is 19.9 Å². The molecule has 0 amide bonds. The van der Waals surface area contributed by atoms with Crippen LogP contribution in [0.4, 0.5) is 0 Å². The van der Waals surface area contributed by atoms with Crippen molar-refractivity contribution in [3.8, 4) is 11.1 Å². The number of nitrogens with zero attached hydrogens (tertiary/aromatic N) is 2. The third-order valence-corrected chi connectivity index (χ3v) is 3.56. The average Bonchev–Trinajstić information content (AvgIpc) is 2.95. The van der Waals surface area contributed by atoms with Crippen LogP contribution in [0.1, 0.15) is 30.2 Å². The van der Waals surface area contributed by atoms with Gasteiger partial charge in [0.2, 0.25) is 0 Å². The van der Waals surface area contributed by atoms with Crippen LogP contribution >= 0.6 is 0 Å². The Morgan fingerprint density at radius 3 is 2.43 bits per heavy atom. The molecule has 0 fully saturated rings. The second-order valence-electron chi connectivity index (χ2n) is 5.35. The molecule has 0 aliphatic rings. The van der Waals surface area contributed by atoms with Gasteiger partial charge in [-0.2, -0.15) is 5.10 Å². The van der Waals surface area contributed by atoms with Crippen molar-refractivity contribution in [2.75, 3.05) is 0 Å². The quantitative estimate of drug-likeness (QED) is 0.789. The SMILES string of the molecule is CC(C)n1cc(-c2cc3ccccc3cc2C(=O)O)cn1. The minimum atomic E-state index is -0.923. The zero-order valence-electron chi connectivity index (χ0n) is 11.9. The van der Waals surface area contributed by atoms with Gasteiger partial charge >= 0.3 is 5.97 Å². The maximum Gasteiger partial charge on any atom is 0.336 e. The van der Waals surface area contributed by atoms with Crippen LogP contribution in [0.15, 0.2) is 48.8 Å². The maximum atomic E-state index is 11.6. The van der Waals surface area contributed by atoms with E-state index in [1.54, 1.807) is 12.3 Å². The second-order valence-corrected chi connectivity index (χ2v) is 5.35. The lowest BCUT2D eigenvalue weighted by Gasteiger charge is -2.07. The Morgan fingerprint density at radius 2 is 1.86 bits per heavy atom. The van der Waals surface area contributed by atoms with E-state index in [-0.39, 0.29) is 6.04 Å². The first-order chi connectivity index (χ1) is 10.1. The third kappa shape index (κ3) is 2.40. The molecule has 4 heteroatoms. The Balaban J connectivity index is 2.23. The van der Waals surface area contributed by atoms with Crippen LogP contribution in [0.5, 0.6) is 0 Å². The van der Waals surface area contributed by atoms with E-state index in [1.165, 1.54) is 0 Å². The minimum Gasteiger partial charge on any atom is -0.478 e. The summed E-state index contributed by atoms with van der Waals surface area (Å²) in [7, 11) is 0. The molecule has 0 saturated heterocycles. The molecule has 3 aromatic rings. The molecule has 4 nitrogen and oxygen atoms in total. The molecule has 1 heterocycles. The van der Waals surface area contributed by atoms with Gasteiger partial charge in [0.1, 0.15) is 0 Å². The molecule has 1 N–H and O–H groups in total. The average molecular weight is 280 g/mol. The van der Waals surface area contributed by atoms with Crippen molar-refractivity contribution < 1.29 is 9.90 Å². The highest BCUT2D eigenvalue weighted by atomic mass is 16.4. The number of benzene rings is 2. The number of fused-ring (bicyclic) bond motifs is 1. The number of carbonyl (C=O) groups is 1. The molecule has 0 spiro atoms. The summed E-state index contributed by atoms with van der Waals surface area (Å²) in [6.07, 6.45) is 3.61. The van der Waals surface area contributed by atoms with Crippen molar-refractivity contribution in [1.82, 2.24) is 9.78 Å². The molecule has 0 radical (unpaired) electrons. The highest BCUT2D eigenvalue weighted by Gasteiger charge is 2.15. The van der Waals surface area contributed by atoms with Crippen LogP contribution in [0.25, 0.3) is 21.9 Å². The topological polar surface area (TPSA) is 55.1 Å². The maximum absolute atomic E-state index is 11.6. The first kappa shape index (κ1) is 13.4. The van der Waals surface area contributed by atoms with Crippen LogP contribution in [-0.2, 0) is 0 Å². The van der Waals surface area contributed by atoms with Crippen molar-refractivity contribution in [2.24, 2.45) is 0 Å². The summed E-state index contributed by atoms with van der Waals surface area (Å²) in [5.41, 5.74) is 1.83. The monoisotopic (exact) mass is 280 g/mol. The number of aromatic carboxylic acids is 1. The van der Waals surface area contributed by atoms with Crippen molar-refractivity contribution >= 4 is 16.7 Å². The van der Waals surface area contributed by atoms with Gasteiger partial charge in [0, 0.05) is 17.8 Å². The van der Waals surface area contributed by atoms with E-state index in [2.05, 4.69) is 5.10 Å². The summed E-state index contributed by atoms with van der Waals surface area (Å²) < 4.78 is 1.83. The molecule has 0 atom stereocenters. The number of rotatable bonds is 3. The lowest BCUT2D eigenvalue weighted by atomic mass is 9.97. The molecule has 21 heavy (non-hydrogen) atoms. The van der Waals surface area contributed by atoms with Gasteiger partial charge in [0.05, 0.1) is 11.8 Å². The normalized spacial score (nSPS) is 11.2. The van der Waals surface area contributed by atoms with Crippen LogP contribution in [-0.4, -0.2) is 20.9 Å². The lowest BCUT2D eigenvalue weighted by molar-refractivity contribution is 0.0698. The number of hydrogen-bond acceptors (Lipinski definition) is 2. The fourth-order valence-corrected chi connectivity index (χ4v) is 2.42. The van der Waals surface area contributed by atoms with E-state index >= 15 is 0 Å². The summed E-state index contributed by atoms with van der Waals surface area (Å²) in [6, 6.07) is 11.6. The summed E-state index contributed by atoms with van der Waals surface area (Å²) in [5, 5.41) is 15.7. The van der Waals surface area contributed by atoms with Gasteiger partial charge in [-0.05, 0) is 42.3 Å². The molecule has 0 unspecified atom stereocenters. The standard InChI is InChI=1S/C17H16N2O2/c1-11(2)19-10-14(9-18-19)15-7-12-5-3-4-6-13(12)8-16(15)17(20)21/h3-11H,1-2H3,(H,20,21). The number of carboxylic acids is 1. The van der Waals surface area contributed by atoms with Gasteiger partial charge in [-0.15, -0.1) is 0 Å². The van der Waals surface area contributed by atoms with Gasteiger partial charge < -0.3 is 5.11 Å². The molecular formula is C17H16N2O2. The van der Waals surface area contributed by atoms with E-state index in [1.807, 2.05) is 55.1 Å². The van der Waals surface area contributed by atoms with E-state index < -0.39 is 5.97 Å².